The van der Waals surface area contributed by atoms with Crippen molar-refractivity contribution in [1.82, 2.24) is 0 Å². The van der Waals surface area contributed by atoms with E-state index in [4.69, 9.17) is 0 Å². The Labute approximate surface area is 146 Å². The second-order valence-corrected chi connectivity index (χ2v) is 10.2. The fraction of sp³-hybridized carbons (Fsp3) is 0.263. The van der Waals surface area contributed by atoms with Crippen molar-refractivity contribution in [3.05, 3.63) is 69.1 Å². The average molecular weight is 424 g/mol. The molecule has 3 heteroatoms. The summed E-state index contributed by atoms with van der Waals surface area (Å²) in [5, 5.41) is 10.5. The molecule has 0 saturated heterocycles. The van der Waals surface area contributed by atoms with Gasteiger partial charge in [-0.25, -0.2) is 0 Å². The van der Waals surface area contributed by atoms with Gasteiger partial charge in [-0.05, 0) is 0 Å². The number of hydrogen-bond donors (Lipinski definition) is 1. The van der Waals surface area contributed by atoms with Gasteiger partial charge in [0.2, 0.25) is 0 Å². The van der Waals surface area contributed by atoms with Crippen molar-refractivity contribution in [3.63, 3.8) is 0 Å². The van der Waals surface area contributed by atoms with Gasteiger partial charge in [-0.2, -0.15) is 0 Å². The molecule has 116 valence electrons. The molecule has 0 heterocycles. The molecule has 0 amide bonds. The van der Waals surface area contributed by atoms with Crippen LogP contribution in [0.5, 0.6) is 0 Å². The monoisotopic (exact) mass is 426 g/mol. The van der Waals surface area contributed by atoms with Crippen molar-refractivity contribution in [2.24, 2.45) is 0 Å². The first kappa shape index (κ1) is 17.5. The van der Waals surface area contributed by atoms with E-state index < -0.39 is 5.60 Å². The summed E-state index contributed by atoms with van der Waals surface area (Å²) in [5.74, 6) is 0. The Kier molecular flexibility index (Phi) is 6.08. The number of aliphatic hydroxyl groups is 1. The van der Waals surface area contributed by atoms with E-state index in [1.54, 1.807) is 0 Å². The first-order chi connectivity index (χ1) is 10.3. The van der Waals surface area contributed by atoms with Crippen molar-refractivity contribution in [3.8, 4) is 0 Å². The van der Waals surface area contributed by atoms with Crippen LogP contribution in [-0.4, -0.2) is 40.6 Å². The third-order valence-corrected chi connectivity index (χ3v) is 8.64. The molecule has 0 aliphatic heterocycles. The van der Waals surface area contributed by atoms with E-state index in [2.05, 4.69) is 67.4 Å². The first-order valence-electron chi connectivity index (χ1n) is 7.25. The molecule has 2 aromatic rings. The zero-order valence-electron chi connectivity index (χ0n) is 13.5. The average Bonchev–Trinajstić information content (AvgIpc) is 2.46. The second kappa shape index (κ2) is 7.64. The Balaban J connectivity index is 2.17. The molecule has 0 aromatic heterocycles. The summed E-state index contributed by atoms with van der Waals surface area (Å²) in [7, 11) is 0. The van der Waals surface area contributed by atoms with Crippen LogP contribution in [0.15, 0.2) is 58.0 Å². The predicted octanol–water partition coefficient (Wildman–Crippen LogP) is 2.27. The normalized spacial score (nSPS) is 12.5. The van der Waals surface area contributed by atoms with Gasteiger partial charge in [0, 0.05) is 0 Å². The van der Waals surface area contributed by atoms with Crippen molar-refractivity contribution in [1.29, 1.82) is 0 Å². The van der Waals surface area contributed by atoms with Gasteiger partial charge in [-0.15, -0.1) is 0 Å². The second-order valence-electron chi connectivity index (χ2n) is 5.89. The summed E-state index contributed by atoms with van der Waals surface area (Å²) in [6, 6.07) is 17.3. The summed E-state index contributed by atoms with van der Waals surface area (Å²) >= 11 is 0.424. The SMILES string of the molecule is Cc1ccc([Se]/C=C(/[Se]c2ccc(C)cc2)C(C)(C)O)cc1. The first-order valence-corrected chi connectivity index (χ1v) is 10.8. The van der Waals surface area contributed by atoms with Crippen LogP contribution < -0.4 is 8.92 Å². The summed E-state index contributed by atoms with van der Waals surface area (Å²) < 4.78 is 3.81. The van der Waals surface area contributed by atoms with Crippen LogP contribution in [0.2, 0.25) is 0 Å². The Morgan fingerprint density at radius 3 is 1.77 bits per heavy atom. The molecule has 22 heavy (non-hydrogen) atoms. The molecule has 0 bridgehead atoms. The topological polar surface area (TPSA) is 20.2 Å². The van der Waals surface area contributed by atoms with Crippen LogP contribution in [0, 0.1) is 13.8 Å². The molecule has 1 N–H and O–H groups in total. The summed E-state index contributed by atoms with van der Waals surface area (Å²) in [5.41, 5.74) is 1.81. The zero-order chi connectivity index (χ0) is 16.2. The molecule has 2 aromatic carbocycles. The Morgan fingerprint density at radius 1 is 0.864 bits per heavy atom. The molecule has 2 rings (SSSR count). The van der Waals surface area contributed by atoms with Gasteiger partial charge >= 0.3 is 146 Å². The predicted molar refractivity (Wildman–Crippen MR) is 97.5 cm³/mol. The number of benzene rings is 2. The molecule has 0 spiro atoms. The van der Waals surface area contributed by atoms with Gasteiger partial charge in [-0.3, -0.25) is 0 Å². The Bertz CT molecular complexity index is 635. The number of hydrogen-bond acceptors (Lipinski definition) is 1. The molecule has 0 radical (unpaired) electrons. The third-order valence-electron chi connectivity index (χ3n) is 3.17. The summed E-state index contributed by atoms with van der Waals surface area (Å²) in [6.45, 7) is 7.99. The van der Waals surface area contributed by atoms with Gasteiger partial charge in [0.1, 0.15) is 0 Å². The number of aryl methyl sites for hydroxylation is 2. The van der Waals surface area contributed by atoms with E-state index in [0.29, 0.717) is 0 Å². The van der Waals surface area contributed by atoms with Gasteiger partial charge in [0.25, 0.3) is 0 Å². The molecule has 0 atom stereocenters. The standard InChI is InChI=1S/C19H22OSe2/c1-14-5-9-16(10-6-14)21-13-18(19(3,4)20)22-17-11-7-15(2)8-12-17/h5-13,20H,1-4H3/b18-13+. The van der Waals surface area contributed by atoms with Gasteiger partial charge in [0.05, 0.1) is 0 Å². The maximum absolute atomic E-state index is 10.5. The van der Waals surface area contributed by atoms with E-state index in [1.807, 2.05) is 13.8 Å². The van der Waals surface area contributed by atoms with E-state index in [9.17, 15) is 5.11 Å². The van der Waals surface area contributed by atoms with Crippen LogP contribution >= 0.6 is 0 Å². The summed E-state index contributed by atoms with van der Waals surface area (Å²) in [6.07, 6.45) is 0. The zero-order valence-corrected chi connectivity index (χ0v) is 16.9. The van der Waals surface area contributed by atoms with E-state index in [1.165, 1.54) is 20.1 Å². The molecule has 0 aliphatic carbocycles. The van der Waals surface area contributed by atoms with Gasteiger partial charge in [0.15, 0.2) is 0 Å². The van der Waals surface area contributed by atoms with Crippen LogP contribution in [0.3, 0.4) is 0 Å². The fourth-order valence-electron chi connectivity index (χ4n) is 1.76. The van der Waals surface area contributed by atoms with E-state index in [-0.39, 0.29) is 29.9 Å². The molecule has 0 unspecified atom stereocenters. The van der Waals surface area contributed by atoms with E-state index in [0.717, 1.165) is 4.47 Å². The molecular weight excluding hydrogens is 402 g/mol. The van der Waals surface area contributed by atoms with Crippen LogP contribution in [0.1, 0.15) is 25.0 Å². The van der Waals surface area contributed by atoms with Crippen LogP contribution in [-0.2, 0) is 0 Å². The Hall–Kier alpha value is -0.821. The fourth-order valence-corrected chi connectivity index (χ4v) is 6.27. The van der Waals surface area contributed by atoms with Crippen molar-refractivity contribution >= 4 is 38.8 Å². The van der Waals surface area contributed by atoms with Crippen molar-refractivity contribution < 1.29 is 5.11 Å². The van der Waals surface area contributed by atoms with Crippen molar-refractivity contribution in [2.75, 3.05) is 0 Å². The summed E-state index contributed by atoms with van der Waals surface area (Å²) in [4.78, 5) is 2.26. The minimum atomic E-state index is -0.753. The molecule has 0 saturated carbocycles. The third kappa shape index (κ3) is 5.43. The Morgan fingerprint density at radius 2 is 1.32 bits per heavy atom. The minimum absolute atomic E-state index is 0.165. The van der Waals surface area contributed by atoms with Crippen LogP contribution in [0.25, 0.3) is 0 Å². The molecular formula is C19H22OSe2. The van der Waals surface area contributed by atoms with Crippen molar-refractivity contribution in [2.45, 2.75) is 33.3 Å². The van der Waals surface area contributed by atoms with Gasteiger partial charge in [-0.1, -0.05) is 0 Å². The van der Waals surface area contributed by atoms with Gasteiger partial charge < -0.3 is 0 Å². The maximum atomic E-state index is 10.5. The molecule has 1 nitrogen and oxygen atoms in total. The van der Waals surface area contributed by atoms with Crippen LogP contribution in [0.4, 0.5) is 0 Å². The molecule has 0 fully saturated rings. The number of rotatable bonds is 5. The molecule has 0 aliphatic rings. The quantitative estimate of drug-likeness (QED) is 0.731. The van der Waals surface area contributed by atoms with E-state index >= 15 is 0 Å².